The predicted octanol–water partition coefficient (Wildman–Crippen LogP) is 2.76. The minimum absolute atomic E-state index is 0.715. The second-order valence-corrected chi connectivity index (χ2v) is 7.02. The van der Waals surface area contributed by atoms with Gasteiger partial charge >= 0.3 is 0 Å². The topological polar surface area (TPSA) is 24.5 Å². The lowest BCUT2D eigenvalue weighted by atomic mass is 9.76. The molecule has 0 bridgehead atoms. The number of rotatable bonds is 9. The highest BCUT2D eigenvalue weighted by Crippen LogP contribution is 2.31. The summed E-state index contributed by atoms with van der Waals surface area (Å²) in [6, 6.07) is 0.715. The lowest BCUT2D eigenvalue weighted by molar-refractivity contribution is 0.0889. The van der Waals surface area contributed by atoms with E-state index in [0.717, 1.165) is 37.5 Å². The van der Waals surface area contributed by atoms with E-state index in [4.69, 9.17) is 4.74 Å². The highest BCUT2D eigenvalue weighted by Gasteiger charge is 2.29. The van der Waals surface area contributed by atoms with E-state index in [2.05, 4.69) is 31.2 Å². The fourth-order valence-electron chi connectivity index (χ4n) is 3.56. The Morgan fingerprint density at radius 2 is 1.90 bits per heavy atom. The molecule has 2 aliphatic rings. The van der Waals surface area contributed by atoms with Crippen LogP contribution < -0.4 is 5.32 Å². The van der Waals surface area contributed by atoms with Gasteiger partial charge in [0.25, 0.3) is 0 Å². The lowest BCUT2D eigenvalue weighted by Crippen LogP contribution is -2.44. The number of nitrogens with one attached hydrogen (secondary N) is 1. The minimum Gasteiger partial charge on any atom is -0.380 e. The number of hydrogen-bond acceptors (Lipinski definition) is 3. The van der Waals surface area contributed by atoms with Crippen molar-refractivity contribution in [3.8, 4) is 0 Å². The predicted molar refractivity (Wildman–Crippen MR) is 85.0 cm³/mol. The summed E-state index contributed by atoms with van der Waals surface area (Å²) in [5, 5.41) is 3.54. The number of ether oxygens (including phenoxy) is 1. The monoisotopic (exact) mass is 282 g/mol. The van der Waals surface area contributed by atoms with Gasteiger partial charge in [-0.25, -0.2) is 0 Å². The first-order chi connectivity index (χ1) is 9.72. The van der Waals surface area contributed by atoms with Crippen LogP contribution in [-0.4, -0.2) is 51.3 Å². The summed E-state index contributed by atoms with van der Waals surface area (Å²) >= 11 is 0. The zero-order chi connectivity index (χ0) is 14.4. The largest absolute Gasteiger partial charge is 0.380 e. The van der Waals surface area contributed by atoms with Crippen LogP contribution >= 0.6 is 0 Å². The molecule has 118 valence electrons. The molecule has 2 fully saturated rings. The van der Waals surface area contributed by atoms with E-state index >= 15 is 0 Å². The van der Waals surface area contributed by atoms with Gasteiger partial charge in [0.15, 0.2) is 0 Å². The van der Waals surface area contributed by atoms with Crippen molar-refractivity contribution in [2.75, 3.05) is 40.4 Å². The van der Waals surface area contributed by atoms with Crippen molar-refractivity contribution in [1.29, 1.82) is 0 Å². The van der Waals surface area contributed by atoms with E-state index in [9.17, 15) is 0 Å². The normalized spacial score (nSPS) is 30.9. The Hall–Kier alpha value is -0.120. The van der Waals surface area contributed by atoms with Crippen molar-refractivity contribution in [1.82, 2.24) is 10.2 Å². The zero-order valence-corrected chi connectivity index (χ0v) is 13.7. The summed E-state index contributed by atoms with van der Waals surface area (Å²) < 4.78 is 5.76. The van der Waals surface area contributed by atoms with Gasteiger partial charge in [-0.3, -0.25) is 0 Å². The second-order valence-electron chi connectivity index (χ2n) is 7.02. The van der Waals surface area contributed by atoms with Gasteiger partial charge in [0.2, 0.25) is 0 Å². The van der Waals surface area contributed by atoms with Gasteiger partial charge < -0.3 is 15.0 Å². The van der Waals surface area contributed by atoms with Crippen LogP contribution in [0.4, 0.5) is 0 Å². The molecule has 0 aromatic carbocycles. The van der Waals surface area contributed by atoms with Gasteiger partial charge in [-0.1, -0.05) is 13.3 Å². The maximum atomic E-state index is 5.76. The molecule has 0 saturated heterocycles. The molecule has 0 aliphatic heterocycles. The summed E-state index contributed by atoms with van der Waals surface area (Å²) in [4.78, 5) is 2.47. The molecule has 3 nitrogen and oxygen atoms in total. The zero-order valence-electron chi connectivity index (χ0n) is 13.7. The molecule has 1 N–H and O–H groups in total. The first-order valence-corrected chi connectivity index (χ1v) is 8.66. The van der Waals surface area contributed by atoms with E-state index in [1.54, 1.807) is 0 Å². The van der Waals surface area contributed by atoms with Crippen LogP contribution in [0.1, 0.15) is 45.4 Å². The Bertz CT molecular complexity index is 268. The fourth-order valence-corrected chi connectivity index (χ4v) is 3.56. The standard InChI is InChI=1S/C17H34N2O/c1-4-14-7-8-17(18-2)16(11-14)12-19(3)9-10-20-13-15-5-6-15/h14-18H,4-13H2,1-3H3. The van der Waals surface area contributed by atoms with Crippen molar-refractivity contribution < 1.29 is 4.74 Å². The Balaban J connectivity index is 1.65. The van der Waals surface area contributed by atoms with Gasteiger partial charge in [-0.15, -0.1) is 0 Å². The molecule has 0 aromatic heterocycles. The maximum absolute atomic E-state index is 5.76. The average Bonchev–Trinajstić information content (AvgIpc) is 3.27. The van der Waals surface area contributed by atoms with Crippen molar-refractivity contribution in [2.24, 2.45) is 17.8 Å². The summed E-state index contributed by atoms with van der Waals surface area (Å²) in [6.07, 6.45) is 8.29. The highest BCUT2D eigenvalue weighted by molar-refractivity contribution is 4.85. The molecule has 0 aromatic rings. The van der Waals surface area contributed by atoms with E-state index < -0.39 is 0 Å². The minimum atomic E-state index is 0.715. The molecule has 0 heterocycles. The van der Waals surface area contributed by atoms with Crippen LogP contribution in [-0.2, 0) is 4.74 Å². The van der Waals surface area contributed by atoms with Crippen LogP contribution in [0.5, 0.6) is 0 Å². The smallest absolute Gasteiger partial charge is 0.0593 e. The van der Waals surface area contributed by atoms with E-state index in [-0.39, 0.29) is 0 Å². The van der Waals surface area contributed by atoms with Crippen molar-refractivity contribution >= 4 is 0 Å². The summed E-state index contributed by atoms with van der Waals surface area (Å²) in [5.41, 5.74) is 0. The second kappa shape index (κ2) is 8.35. The fraction of sp³-hybridized carbons (Fsp3) is 1.00. The number of nitrogens with zero attached hydrogens (tertiary/aromatic N) is 1. The van der Waals surface area contributed by atoms with Gasteiger partial charge in [-0.2, -0.15) is 0 Å². The van der Waals surface area contributed by atoms with Crippen LogP contribution in [0.2, 0.25) is 0 Å². The number of hydrogen-bond donors (Lipinski definition) is 1. The Kier molecular flexibility index (Phi) is 6.79. The molecule has 2 saturated carbocycles. The summed E-state index contributed by atoms with van der Waals surface area (Å²) in [5.74, 6) is 2.65. The lowest BCUT2D eigenvalue weighted by Gasteiger charge is -2.38. The van der Waals surface area contributed by atoms with E-state index in [1.165, 1.54) is 45.1 Å². The molecule has 3 unspecified atom stereocenters. The van der Waals surface area contributed by atoms with Crippen LogP contribution in [0.25, 0.3) is 0 Å². The SMILES string of the molecule is CCC1CCC(NC)C(CN(C)CCOCC2CC2)C1. The van der Waals surface area contributed by atoms with Crippen molar-refractivity contribution in [2.45, 2.75) is 51.5 Å². The Labute approximate surface area is 125 Å². The summed E-state index contributed by atoms with van der Waals surface area (Å²) in [6.45, 7) is 6.54. The van der Waals surface area contributed by atoms with Crippen molar-refractivity contribution in [3.63, 3.8) is 0 Å². The van der Waals surface area contributed by atoms with Gasteiger partial charge in [0.1, 0.15) is 0 Å². The molecule has 2 rings (SSSR count). The molecule has 0 spiro atoms. The third-order valence-corrected chi connectivity index (χ3v) is 5.25. The van der Waals surface area contributed by atoms with Crippen LogP contribution in [0.15, 0.2) is 0 Å². The quantitative estimate of drug-likeness (QED) is 0.658. The Morgan fingerprint density at radius 3 is 2.55 bits per heavy atom. The molecule has 3 atom stereocenters. The molecule has 0 radical (unpaired) electrons. The van der Waals surface area contributed by atoms with E-state index in [0.29, 0.717) is 6.04 Å². The molecular weight excluding hydrogens is 248 g/mol. The van der Waals surface area contributed by atoms with Crippen LogP contribution in [0, 0.1) is 17.8 Å². The third kappa shape index (κ3) is 5.34. The van der Waals surface area contributed by atoms with Crippen molar-refractivity contribution in [3.05, 3.63) is 0 Å². The molecule has 3 heteroatoms. The first kappa shape index (κ1) is 16.3. The van der Waals surface area contributed by atoms with Gasteiger partial charge in [-0.05, 0) is 64.0 Å². The summed E-state index contributed by atoms with van der Waals surface area (Å²) in [7, 11) is 4.38. The highest BCUT2D eigenvalue weighted by atomic mass is 16.5. The van der Waals surface area contributed by atoms with Gasteiger partial charge in [0.05, 0.1) is 6.61 Å². The molecule has 2 aliphatic carbocycles. The molecule has 0 amide bonds. The Morgan fingerprint density at radius 1 is 1.15 bits per heavy atom. The maximum Gasteiger partial charge on any atom is 0.0593 e. The third-order valence-electron chi connectivity index (χ3n) is 5.25. The van der Waals surface area contributed by atoms with Crippen LogP contribution in [0.3, 0.4) is 0 Å². The molecular formula is C17H34N2O. The average molecular weight is 282 g/mol. The van der Waals surface area contributed by atoms with E-state index in [1.807, 2.05) is 0 Å². The number of likely N-dealkylation sites (N-methyl/N-ethyl adjacent to an activating group) is 1. The molecule has 20 heavy (non-hydrogen) atoms. The van der Waals surface area contributed by atoms with Gasteiger partial charge in [0, 0.05) is 25.7 Å². The first-order valence-electron chi connectivity index (χ1n) is 8.66.